The summed E-state index contributed by atoms with van der Waals surface area (Å²) in [6, 6.07) is 18.3. The molecule has 0 spiro atoms. The zero-order valence-corrected chi connectivity index (χ0v) is 46.9. The van der Waals surface area contributed by atoms with Crippen molar-refractivity contribution in [2.45, 2.75) is 208 Å². The van der Waals surface area contributed by atoms with E-state index in [2.05, 4.69) is 69.8 Å². The highest BCUT2D eigenvalue weighted by Gasteiger charge is 2.53. The molecule has 414 valence electrons. The van der Waals surface area contributed by atoms with Crippen molar-refractivity contribution in [2.24, 2.45) is 17.8 Å². The average Bonchev–Trinajstić information content (AvgIpc) is 3.73. The number of carbonyl (C=O) groups excluding carboxylic acids is 1. The number of hydrogen-bond donors (Lipinski definition) is 7. The molecule has 3 aromatic rings. The molecule has 7 rings (SSSR count). The number of aliphatic hydroxyl groups is 5. The molecule has 0 aliphatic carbocycles. The number of rotatable bonds is 13. The van der Waals surface area contributed by atoms with Gasteiger partial charge in [0.2, 0.25) is 0 Å². The summed E-state index contributed by atoms with van der Waals surface area (Å²) in [5, 5.41) is 64.2. The normalized spacial score (nSPS) is 38.7. The van der Waals surface area contributed by atoms with E-state index in [-0.39, 0.29) is 37.3 Å². The standard InChI is InChI=1S/C57H88N4O12S/c1-14-45-57(10,67)50(63)36(6)61(25-19-24-58-30-38-27-41-39-20-15-17-22-43(39)74-44-23-18-16-21-40(44)47(41)59-38)31-32(2)28-55(8,66)52(73-54-48(62)42(60(11)12)26-33(3)69-54)34(4)49(35(5)53(65)71-45)72-46-29-56(9,68-13)51(64)37(7)70-46/h15-18,20-23,27,32-37,42,45-46,48-52,54,58-59,62-64,66-67H,14,19,24-26,28-31H2,1-13H3/t32-,33-,34+,35-,36-,37+,42+,45-,46+,48-,49+,50-,51+,52-,54+,55-,56-,57-/m1/s1. The van der Waals surface area contributed by atoms with E-state index in [0.29, 0.717) is 39.0 Å². The van der Waals surface area contributed by atoms with Crippen LogP contribution >= 0.6 is 11.8 Å². The van der Waals surface area contributed by atoms with Crippen LogP contribution in [0.1, 0.15) is 107 Å². The number of benzene rings is 2. The number of fused-ring (bicyclic) bond motifs is 5. The van der Waals surface area contributed by atoms with Crippen molar-refractivity contribution in [2.75, 3.05) is 40.8 Å². The molecule has 74 heavy (non-hydrogen) atoms. The van der Waals surface area contributed by atoms with Gasteiger partial charge in [-0.05, 0) is 131 Å². The minimum atomic E-state index is -1.88. The third-order valence-corrected chi connectivity index (χ3v) is 17.7. The second-order valence-corrected chi connectivity index (χ2v) is 24.0. The molecule has 3 fully saturated rings. The summed E-state index contributed by atoms with van der Waals surface area (Å²) in [5.41, 5.74) is 1.15. The summed E-state index contributed by atoms with van der Waals surface area (Å²) in [6.07, 6.45) is -8.00. The number of esters is 1. The smallest absolute Gasteiger partial charge is 0.311 e. The van der Waals surface area contributed by atoms with Gasteiger partial charge in [-0.15, -0.1) is 0 Å². The number of hydrogen-bond acceptors (Lipinski definition) is 16. The fraction of sp³-hybridized carbons (Fsp3) is 0.702. The number of methoxy groups -OCH3 is 1. The van der Waals surface area contributed by atoms with E-state index < -0.39 is 96.0 Å². The maximum atomic E-state index is 14.7. The Bertz CT molecular complexity index is 2250. The van der Waals surface area contributed by atoms with E-state index in [1.54, 1.807) is 46.4 Å². The summed E-state index contributed by atoms with van der Waals surface area (Å²) >= 11 is 1.78. The lowest BCUT2D eigenvalue weighted by Gasteiger charge is -2.48. The predicted molar refractivity (Wildman–Crippen MR) is 285 cm³/mol. The first-order valence-corrected chi connectivity index (χ1v) is 27.8. The van der Waals surface area contributed by atoms with Crippen molar-refractivity contribution in [3.8, 4) is 22.4 Å². The van der Waals surface area contributed by atoms with Gasteiger partial charge in [-0.3, -0.25) is 9.69 Å². The molecular formula is C57H88N4O12S. The number of cyclic esters (lactones) is 1. The highest BCUT2D eigenvalue weighted by Crippen LogP contribution is 2.48. The van der Waals surface area contributed by atoms with Crippen LogP contribution in [0.4, 0.5) is 0 Å². The first-order valence-electron chi connectivity index (χ1n) is 27.0. The van der Waals surface area contributed by atoms with Crippen LogP contribution in [0.15, 0.2) is 64.4 Å². The monoisotopic (exact) mass is 1050 g/mol. The number of nitrogens with zero attached hydrogens (tertiary/aromatic N) is 2. The van der Waals surface area contributed by atoms with Crippen molar-refractivity contribution in [3.05, 3.63) is 60.3 Å². The molecule has 0 bridgehead atoms. The molecule has 18 atom stereocenters. The first-order chi connectivity index (χ1) is 34.9. The van der Waals surface area contributed by atoms with Crippen LogP contribution in [-0.4, -0.2) is 177 Å². The van der Waals surface area contributed by atoms with Gasteiger partial charge < -0.3 is 69.2 Å². The number of H-pyrrole nitrogens is 1. The summed E-state index contributed by atoms with van der Waals surface area (Å²) in [7, 11) is 5.31. The number of aromatic nitrogens is 1. The lowest BCUT2D eigenvalue weighted by Crippen LogP contribution is -2.60. The number of likely N-dealkylation sites (N-methyl/N-ethyl adjacent to an activating group) is 1. The van der Waals surface area contributed by atoms with Crippen LogP contribution in [0.3, 0.4) is 0 Å². The van der Waals surface area contributed by atoms with E-state index in [1.807, 2.05) is 46.7 Å². The van der Waals surface area contributed by atoms with Crippen LogP contribution in [0, 0.1) is 17.8 Å². The van der Waals surface area contributed by atoms with Crippen LogP contribution in [0.25, 0.3) is 22.4 Å². The molecule has 4 aliphatic heterocycles. The van der Waals surface area contributed by atoms with Crippen molar-refractivity contribution in [3.63, 3.8) is 0 Å². The number of nitrogens with one attached hydrogen (secondary N) is 2. The zero-order valence-electron chi connectivity index (χ0n) is 46.1. The van der Waals surface area contributed by atoms with Crippen molar-refractivity contribution in [1.29, 1.82) is 0 Å². The largest absolute Gasteiger partial charge is 0.459 e. The molecule has 4 aliphatic rings. The van der Waals surface area contributed by atoms with Gasteiger partial charge in [0.25, 0.3) is 0 Å². The van der Waals surface area contributed by atoms with Crippen LogP contribution in [-0.2, 0) is 39.8 Å². The van der Waals surface area contributed by atoms with E-state index in [4.69, 9.17) is 28.4 Å². The lowest BCUT2D eigenvalue weighted by molar-refractivity contribution is -0.318. The minimum absolute atomic E-state index is 0.115. The van der Waals surface area contributed by atoms with E-state index in [1.165, 1.54) is 40.5 Å². The molecular weight excluding hydrogens is 965 g/mol. The summed E-state index contributed by atoms with van der Waals surface area (Å²) in [6.45, 7) is 20.1. The molecule has 0 unspecified atom stereocenters. The molecule has 0 saturated carbocycles. The Morgan fingerprint density at radius 2 is 1.55 bits per heavy atom. The fourth-order valence-electron chi connectivity index (χ4n) is 12.2. The highest BCUT2D eigenvalue weighted by atomic mass is 32.2. The molecule has 0 radical (unpaired) electrons. The number of ether oxygens (including phenoxy) is 6. The Hall–Kier alpha value is -2.98. The zero-order chi connectivity index (χ0) is 54.0. The molecule has 17 heteroatoms. The minimum Gasteiger partial charge on any atom is -0.459 e. The maximum Gasteiger partial charge on any atom is 0.311 e. The van der Waals surface area contributed by atoms with Crippen molar-refractivity contribution in [1.82, 2.24) is 20.1 Å². The van der Waals surface area contributed by atoms with Crippen LogP contribution in [0.5, 0.6) is 0 Å². The summed E-state index contributed by atoms with van der Waals surface area (Å²) < 4.78 is 38.4. The van der Waals surface area contributed by atoms with Gasteiger partial charge in [0.1, 0.15) is 30.0 Å². The first kappa shape index (κ1) is 58.7. The third kappa shape index (κ3) is 12.8. The Kier molecular flexibility index (Phi) is 19.3. The molecule has 7 N–H and O–H groups in total. The van der Waals surface area contributed by atoms with E-state index >= 15 is 0 Å². The van der Waals surface area contributed by atoms with Crippen LogP contribution in [0.2, 0.25) is 0 Å². The summed E-state index contributed by atoms with van der Waals surface area (Å²) in [4.78, 5) is 24.9. The van der Waals surface area contributed by atoms with Crippen molar-refractivity contribution >= 4 is 17.7 Å². The Morgan fingerprint density at radius 3 is 2.22 bits per heavy atom. The lowest BCUT2D eigenvalue weighted by atomic mass is 9.77. The Morgan fingerprint density at radius 1 is 0.892 bits per heavy atom. The molecule has 2 aromatic carbocycles. The molecule has 0 amide bonds. The summed E-state index contributed by atoms with van der Waals surface area (Å²) in [5.74, 6) is -2.75. The van der Waals surface area contributed by atoms with Crippen molar-refractivity contribution < 1.29 is 58.7 Å². The fourth-order valence-corrected chi connectivity index (χ4v) is 13.3. The quantitative estimate of drug-likeness (QED) is 0.0558. The SMILES string of the molecule is CC[C@H]1OC(=O)[C@H](C)[C@@H](O[C@H]2C[C@@](C)(OC)[C@@H](O)[C@H](C)O2)[C@H](C)[C@@H](O[C@@H]2O[C@H](C)C[C@H](N(C)C)[C@H]2O)[C@](C)(O)C[C@@H](C)CN(CCCNCc2cc3c([nH]2)-c2ccccc2Sc2ccccc2-3)[C@H](C)[C@@H](O)[C@]1(C)O. The number of aliphatic hydroxyl groups excluding tert-OH is 3. The van der Waals surface area contributed by atoms with Crippen LogP contribution < -0.4 is 5.32 Å². The van der Waals surface area contributed by atoms with Gasteiger partial charge in [-0.1, -0.05) is 68.9 Å². The topological polar surface area (TPSA) is 208 Å². The molecule has 3 saturated heterocycles. The Labute approximate surface area is 444 Å². The third-order valence-electron chi connectivity index (χ3n) is 16.6. The van der Waals surface area contributed by atoms with Gasteiger partial charge in [-0.2, -0.15) is 0 Å². The Balaban J connectivity index is 1.16. The van der Waals surface area contributed by atoms with Gasteiger partial charge in [0.15, 0.2) is 12.6 Å². The average molecular weight is 1050 g/mol. The number of carbonyl (C=O) groups is 1. The van der Waals surface area contributed by atoms with Gasteiger partial charge in [0.05, 0.1) is 47.2 Å². The predicted octanol–water partition coefficient (Wildman–Crippen LogP) is 6.58. The van der Waals surface area contributed by atoms with Gasteiger partial charge >= 0.3 is 5.97 Å². The van der Waals surface area contributed by atoms with Gasteiger partial charge in [-0.25, -0.2) is 0 Å². The van der Waals surface area contributed by atoms with Gasteiger partial charge in [0, 0.05) is 71.2 Å². The van der Waals surface area contributed by atoms with E-state index in [0.717, 1.165) is 11.4 Å². The van der Waals surface area contributed by atoms with E-state index in [9.17, 15) is 30.3 Å². The maximum absolute atomic E-state index is 14.7. The number of aromatic amines is 1. The molecule has 1 aromatic heterocycles. The molecule has 16 nitrogen and oxygen atoms in total. The second-order valence-electron chi connectivity index (χ2n) is 22.9. The second kappa shape index (κ2) is 24.4. The molecule has 5 heterocycles. The highest BCUT2D eigenvalue weighted by molar-refractivity contribution is 7.99.